The fraction of sp³-hybridized carbons (Fsp3) is 0.783. The van der Waals surface area contributed by atoms with E-state index in [1.54, 1.807) is 0 Å². The monoisotopic (exact) mass is 332 g/mol. The summed E-state index contributed by atoms with van der Waals surface area (Å²) in [7, 11) is 0. The van der Waals surface area contributed by atoms with E-state index in [1.807, 2.05) is 0 Å². The van der Waals surface area contributed by atoms with E-state index >= 15 is 0 Å². The van der Waals surface area contributed by atoms with Gasteiger partial charge in [-0.05, 0) is 40.6 Å². The van der Waals surface area contributed by atoms with Crippen molar-refractivity contribution in [3.63, 3.8) is 0 Å². The highest BCUT2D eigenvalue weighted by molar-refractivity contribution is 5.18. The Balaban J connectivity index is 3.13. The van der Waals surface area contributed by atoms with Gasteiger partial charge < -0.3 is 0 Å². The maximum absolute atomic E-state index is 2.46. The van der Waals surface area contributed by atoms with Crippen LogP contribution in [0.25, 0.3) is 0 Å². The van der Waals surface area contributed by atoms with E-state index in [4.69, 9.17) is 0 Å². The molecule has 0 aliphatic carbocycles. The number of hydrogen-bond acceptors (Lipinski definition) is 0. The summed E-state index contributed by atoms with van der Waals surface area (Å²) in [4.78, 5) is 0. The summed E-state index contributed by atoms with van der Waals surface area (Å²) in [5.74, 6) is 1.95. The molecule has 0 saturated heterocycles. The van der Waals surface area contributed by atoms with Crippen molar-refractivity contribution >= 4 is 0 Å². The fourth-order valence-electron chi connectivity index (χ4n) is 3.17. The first kappa shape index (κ1) is 21.2. The van der Waals surface area contributed by atoms with Gasteiger partial charge >= 0.3 is 0 Å². The van der Waals surface area contributed by atoms with E-state index in [0.29, 0.717) is 28.6 Å². The van der Waals surface area contributed by atoms with Gasteiger partial charge in [-0.25, -0.2) is 4.57 Å². The Kier molecular flexibility index (Phi) is 7.50. The van der Waals surface area contributed by atoms with Crippen molar-refractivity contribution < 1.29 is 4.57 Å². The van der Waals surface area contributed by atoms with E-state index in [2.05, 4.69) is 91.4 Å². The summed E-state index contributed by atoms with van der Waals surface area (Å²) in [6.07, 6.45) is 8.33. The lowest BCUT2D eigenvalue weighted by atomic mass is 9.61. The number of aromatic nitrogens is 1. The van der Waals surface area contributed by atoms with Gasteiger partial charge in [0, 0.05) is 18.6 Å². The van der Waals surface area contributed by atoms with Crippen LogP contribution in [0.5, 0.6) is 0 Å². The molecule has 0 aromatic carbocycles. The summed E-state index contributed by atoms with van der Waals surface area (Å²) >= 11 is 0. The molecule has 0 fully saturated rings. The standard InChI is InChI=1S/C23H42N/c1-10-11-14-24-15-12-20(13-16-24)21(23(8,9)19(4)5)17-22(6,7)18(2)3/h12-13,15-16,18-19,21H,10-11,14,17H2,1-9H3/q+1. The highest BCUT2D eigenvalue weighted by Crippen LogP contribution is 2.49. The quantitative estimate of drug-likeness (QED) is 0.448. The first-order valence-corrected chi connectivity index (χ1v) is 10.0. The zero-order valence-electron chi connectivity index (χ0n) is 17.8. The van der Waals surface area contributed by atoms with Gasteiger partial charge in [0.15, 0.2) is 12.4 Å². The minimum absolute atomic E-state index is 0.293. The third-order valence-corrected chi connectivity index (χ3v) is 6.77. The van der Waals surface area contributed by atoms with Crippen molar-refractivity contribution in [1.29, 1.82) is 0 Å². The molecular formula is C23H42N+. The third kappa shape index (κ3) is 5.33. The molecule has 0 spiro atoms. The normalized spacial score (nSPS) is 14.5. The smallest absolute Gasteiger partial charge is 0.169 e. The maximum Gasteiger partial charge on any atom is 0.169 e. The van der Waals surface area contributed by atoms with Gasteiger partial charge in [-0.15, -0.1) is 0 Å². The van der Waals surface area contributed by atoms with Crippen molar-refractivity contribution in [2.24, 2.45) is 22.7 Å². The molecule has 0 bridgehead atoms. The van der Waals surface area contributed by atoms with Crippen LogP contribution in [0.1, 0.15) is 93.1 Å². The molecule has 1 aromatic rings. The summed E-state index contributed by atoms with van der Waals surface area (Å²) in [5, 5.41) is 0. The second-order valence-electron chi connectivity index (χ2n) is 9.60. The minimum atomic E-state index is 0.293. The fourth-order valence-corrected chi connectivity index (χ4v) is 3.17. The van der Waals surface area contributed by atoms with E-state index < -0.39 is 0 Å². The number of hydrogen-bond donors (Lipinski definition) is 0. The van der Waals surface area contributed by atoms with E-state index in [9.17, 15) is 0 Å². The number of aryl methyl sites for hydroxylation is 1. The molecule has 1 atom stereocenters. The number of pyridine rings is 1. The summed E-state index contributed by atoms with van der Waals surface area (Å²) in [5.41, 5.74) is 2.15. The molecule has 1 aromatic heterocycles. The molecule has 1 nitrogen and oxygen atoms in total. The molecule has 24 heavy (non-hydrogen) atoms. The zero-order chi connectivity index (χ0) is 18.5. The Morgan fingerprint density at radius 1 is 0.917 bits per heavy atom. The van der Waals surface area contributed by atoms with Gasteiger partial charge in [-0.1, -0.05) is 68.7 Å². The number of unbranched alkanes of at least 4 members (excludes halogenated alkanes) is 1. The predicted molar refractivity (Wildman–Crippen MR) is 106 cm³/mol. The topological polar surface area (TPSA) is 3.88 Å². The zero-order valence-corrected chi connectivity index (χ0v) is 17.8. The molecule has 0 saturated carbocycles. The molecule has 0 aliphatic heterocycles. The first-order chi connectivity index (χ1) is 11.0. The minimum Gasteiger partial charge on any atom is -0.205 e. The van der Waals surface area contributed by atoms with Gasteiger partial charge in [-0.2, -0.15) is 0 Å². The van der Waals surface area contributed by atoms with Gasteiger partial charge in [0.1, 0.15) is 6.54 Å². The largest absolute Gasteiger partial charge is 0.205 e. The molecule has 1 unspecified atom stereocenters. The van der Waals surface area contributed by atoms with Gasteiger partial charge in [0.2, 0.25) is 0 Å². The van der Waals surface area contributed by atoms with Crippen LogP contribution in [-0.4, -0.2) is 0 Å². The Hall–Kier alpha value is -0.850. The summed E-state index contributed by atoms with van der Waals surface area (Å²) in [6.45, 7) is 22.6. The maximum atomic E-state index is 2.46. The van der Waals surface area contributed by atoms with E-state index in [-0.39, 0.29) is 0 Å². The molecule has 0 N–H and O–H groups in total. The summed E-state index contributed by atoms with van der Waals surface area (Å²) in [6, 6.07) is 4.75. The Morgan fingerprint density at radius 3 is 1.88 bits per heavy atom. The van der Waals surface area contributed by atoms with Crippen LogP contribution in [0.4, 0.5) is 0 Å². The predicted octanol–water partition coefficient (Wildman–Crippen LogP) is 6.61. The van der Waals surface area contributed by atoms with Gasteiger partial charge in [-0.3, -0.25) is 0 Å². The first-order valence-electron chi connectivity index (χ1n) is 10.0. The average molecular weight is 333 g/mol. The molecule has 0 aliphatic rings. The highest BCUT2D eigenvalue weighted by atomic mass is 14.9. The Morgan fingerprint density at radius 2 is 1.46 bits per heavy atom. The van der Waals surface area contributed by atoms with Crippen LogP contribution >= 0.6 is 0 Å². The van der Waals surface area contributed by atoms with Gasteiger partial charge in [0.05, 0.1) is 0 Å². The van der Waals surface area contributed by atoms with E-state index in [0.717, 1.165) is 6.54 Å². The Labute approximate surface area is 151 Å². The van der Waals surface area contributed by atoms with E-state index in [1.165, 1.54) is 24.8 Å². The van der Waals surface area contributed by atoms with Crippen LogP contribution in [0.15, 0.2) is 24.5 Å². The lowest BCUT2D eigenvalue weighted by Crippen LogP contribution is -2.35. The second kappa shape index (κ2) is 8.50. The average Bonchev–Trinajstić information content (AvgIpc) is 2.50. The Bertz CT molecular complexity index is 479. The lowest BCUT2D eigenvalue weighted by molar-refractivity contribution is -0.697. The second-order valence-corrected chi connectivity index (χ2v) is 9.60. The van der Waals surface area contributed by atoms with Crippen LogP contribution in [0.2, 0.25) is 0 Å². The highest BCUT2D eigenvalue weighted by Gasteiger charge is 2.38. The molecule has 138 valence electrons. The van der Waals surface area contributed by atoms with Crippen molar-refractivity contribution in [3.8, 4) is 0 Å². The van der Waals surface area contributed by atoms with Crippen LogP contribution < -0.4 is 4.57 Å². The van der Waals surface area contributed by atoms with Crippen LogP contribution in [0.3, 0.4) is 0 Å². The van der Waals surface area contributed by atoms with Crippen LogP contribution in [0, 0.1) is 22.7 Å². The van der Waals surface area contributed by atoms with Crippen molar-refractivity contribution in [1.82, 2.24) is 0 Å². The molecule has 1 heterocycles. The van der Waals surface area contributed by atoms with Crippen LogP contribution in [-0.2, 0) is 6.54 Å². The SMILES string of the molecule is CCCC[n+]1ccc(C(CC(C)(C)C(C)C)C(C)(C)C(C)C)cc1. The number of rotatable bonds is 9. The lowest BCUT2D eigenvalue weighted by Gasteiger charge is -2.43. The van der Waals surface area contributed by atoms with Crippen molar-refractivity contribution in [3.05, 3.63) is 30.1 Å². The molecular weight excluding hydrogens is 290 g/mol. The van der Waals surface area contributed by atoms with Crippen molar-refractivity contribution in [2.45, 2.75) is 94.0 Å². The number of nitrogens with zero attached hydrogens (tertiary/aromatic N) is 1. The molecule has 1 rings (SSSR count). The third-order valence-electron chi connectivity index (χ3n) is 6.77. The molecule has 0 amide bonds. The van der Waals surface area contributed by atoms with Gasteiger partial charge in [0.25, 0.3) is 0 Å². The van der Waals surface area contributed by atoms with Crippen molar-refractivity contribution in [2.75, 3.05) is 0 Å². The molecule has 1 heteroatoms. The summed E-state index contributed by atoms with van der Waals surface area (Å²) < 4.78 is 2.33. The molecule has 0 radical (unpaired) electrons.